The van der Waals surface area contributed by atoms with Gasteiger partial charge in [-0.2, -0.15) is 0 Å². The van der Waals surface area contributed by atoms with Crippen LogP contribution < -0.4 is 0 Å². The van der Waals surface area contributed by atoms with Crippen LogP contribution in [0.5, 0.6) is 5.75 Å². The number of phenols is 1. The molecule has 3 heteroatoms. The molecule has 0 aromatic heterocycles. The molecular formula is C22H35NO2. The van der Waals surface area contributed by atoms with Crippen molar-refractivity contribution in [1.82, 2.24) is 4.90 Å². The van der Waals surface area contributed by atoms with Crippen LogP contribution in [0.3, 0.4) is 0 Å². The zero-order valence-corrected chi connectivity index (χ0v) is 16.1. The highest BCUT2D eigenvalue weighted by molar-refractivity contribution is 5.90. The van der Waals surface area contributed by atoms with Crippen molar-refractivity contribution in [2.75, 3.05) is 19.6 Å². The smallest absolute Gasteiger partial charge is 0.143 e. The number of nitrogens with zero attached hydrogens (tertiary/aromatic N) is 1. The number of hydrogen-bond donors (Lipinski definition) is 1. The maximum Gasteiger partial charge on any atom is 0.143 e. The second-order valence-electron chi connectivity index (χ2n) is 7.52. The Morgan fingerprint density at radius 2 is 1.76 bits per heavy atom. The van der Waals surface area contributed by atoms with E-state index in [9.17, 15) is 9.90 Å². The van der Waals surface area contributed by atoms with Crippen LogP contribution in [0.25, 0.3) is 0 Å². The van der Waals surface area contributed by atoms with Gasteiger partial charge in [-0.1, -0.05) is 58.1 Å². The second-order valence-corrected chi connectivity index (χ2v) is 7.52. The summed E-state index contributed by atoms with van der Waals surface area (Å²) in [5.74, 6) is 0.576. The van der Waals surface area contributed by atoms with Crippen molar-refractivity contribution in [1.29, 1.82) is 0 Å². The molecule has 0 atom stereocenters. The van der Waals surface area contributed by atoms with E-state index in [1.807, 2.05) is 19.1 Å². The van der Waals surface area contributed by atoms with Gasteiger partial charge in [0.1, 0.15) is 11.5 Å². The summed E-state index contributed by atoms with van der Waals surface area (Å²) in [6, 6.07) is 7.34. The SMILES string of the molecule is CCCCCCCCN1CCC(C(=O)CC)(c2cccc(O)c2)CC1. The van der Waals surface area contributed by atoms with Crippen LogP contribution in [0, 0.1) is 0 Å². The molecule has 140 valence electrons. The average molecular weight is 346 g/mol. The van der Waals surface area contributed by atoms with Crippen LogP contribution >= 0.6 is 0 Å². The highest BCUT2D eigenvalue weighted by atomic mass is 16.3. The van der Waals surface area contributed by atoms with Crippen molar-refractivity contribution in [3.8, 4) is 5.75 Å². The average Bonchev–Trinajstić information content (AvgIpc) is 2.64. The number of hydrogen-bond acceptors (Lipinski definition) is 3. The summed E-state index contributed by atoms with van der Waals surface area (Å²) in [6.45, 7) is 7.33. The highest BCUT2D eigenvalue weighted by Crippen LogP contribution is 2.38. The van der Waals surface area contributed by atoms with E-state index < -0.39 is 5.41 Å². The maximum absolute atomic E-state index is 12.8. The van der Waals surface area contributed by atoms with Gasteiger partial charge in [0.05, 0.1) is 5.41 Å². The zero-order chi connectivity index (χ0) is 18.1. The van der Waals surface area contributed by atoms with E-state index in [-0.39, 0.29) is 5.75 Å². The molecule has 0 bridgehead atoms. The van der Waals surface area contributed by atoms with Crippen LogP contribution in [0.4, 0.5) is 0 Å². The maximum atomic E-state index is 12.8. The van der Waals surface area contributed by atoms with Gasteiger partial charge in [0.25, 0.3) is 0 Å². The van der Waals surface area contributed by atoms with Gasteiger partial charge in [-0.15, -0.1) is 0 Å². The molecule has 0 radical (unpaired) electrons. The molecule has 1 heterocycles. The van der Waals surface area contributed by atoms with E-state index in [4.69, 9.17) is 0 Å². The van der Waals surface area contributed by atoms with Crippen LogP contribution in [0.2, 0.25) is 0 Å². The van der Waals surface area contributed by atoms with Crippen LogP contribution in [-0.4, -0.2) is 35.4 Å². The molecule has 0 aliphatic carbocycles. The number of piperidine rings is 1. The third-order valence-corrected chi connectivity index (χ3v) is 5.79. The van der Waals surface area contributed by atoms with Crippen LogP contribution in [0.15, 0.2) is 24.3 Å². The number of aromatic hydroxyl groups is 1. The van der Waals surface area contributed by atoms with Gasteiger partial charge in [-0.3, -0.25) is 4.79 Å². The minimum atomic E-state index is -0.398. The fourth-order valence-electron chi connectivity index (χ4n) is 4.14. The third kappa shape index (κ3) is 5.31. The number of phenolic OH excluding ortho intramolecular Hbond substituents is 1. The molecule has 0 unspecified atom stereocenters. The minimum Gasteiger partial charge on any atom is -0.508 e. The molecule has 25 heavy (non-hydrogen) atoms. The Labute approximate surface area is 153 Å². The van der Waals surface area contributed by atoms with Crippen LogP contribution in [-0.2, 0) is 10.2 Å². The van der Waals surface area contributed by atoms with Gasteiger partial charge < -0.3 is 10.0 Å². The summed E-state index contributed by atoms with van der Waals surface area (Å²) in [6.07, 6.45) is 10.3. The second kappa shape index (κ2) is 9.96. The fraction of sp³-hybridized carbons (Fsp3) is 0.682. The monoisotopic (exact) mass is 345 g/mol. The van der Waals surface area contributed by atoms with E-state index in [1.165, 1.54) is 38.5 Å². The molecule has 1 aliphatic rings. The van der Waals surface area contributed by atoms with Crippen molar-refractivity contribution in [2.24, 2.45) is 0 Å². The lowest BCUT2D eigenvalue weighted by Crippen LogP contribution is -2.47. The predicted molar refractivity (Wildman–Crippen MR) is 104 cm³/mol. The molecule has 1 aromatic carbocycles. The van der Waals surface area contributed by atoms with E-state index in [0.717, 1.165) is 38.0 Å². The fourth-order valence-corrected chi connectivity index (χ4v) is 4.14. The molecule has 0 saturated carbocycles. The molecule has 2 rings (SSSR count). The van der Waals surface area contributed by atoms with Crippen molar-refractivity contribution in [3.63, 3.8) is 0 Å². The number of carbonyl (C=O) groups excluding carboxylic acids is 1. The number of likely N-dealkylation sites (tertiary alicyclic amines) is 1. The van der Waals surface area contributed by atoms with Gasteiger partial charge in [-0.05, 0) is 56.6 Å². The summed E-state index contributed by atoms with van der Waals surface area (Å²) >= 11 is 0. The van der Waals surface area contributed by atoms with E-state index in [0.29, 0.717) is 12.2 Å². The number of Topliss-reactive ketones (excluding diaryl/α,β-unsaturated/α-hetero) is 1. The standard InChI is InChI=1S/C22H35NO2/c1-3-5-6-7-8-9-15-23-16-13-22(14-17-23,21(25)4-2)19-11-10-12-20(24)18-19/h10-12,18,24H,3-9,13-17H2,1-2H3. The van der Waals surface area contributed by atoms with E-state index >= 15 is 0 Å². The Kier molecular flexibility index (Phi) is 7.95. The zero-order valence-electron chi connectivity index (χ0n) is 16.1. The van der Waals surface area contributed by atoms with Gasteiger partial charge in [-0.25, -0.2) is 0 Å². The number of unbranched alkanes of at least 4 members (excludes halogenated alkanes) is 5. The lowest BCUT2D eigenvalue weighted by molar-refractivity contribution is -0.126. The van der Waals surface area contributed by atoms with Crippen molar-refractivity contribution < 1.29 is 9.90 Å². The molecule has 1 saturated heterocycles. The lowest BCUT2D eigenvalue weighted by atomic mass is 9.69. The Morgan fingerprint density at radius 3 is 2.40 bits per heavy atom. The molecule has 1 fully saturated rings. The van der Waals surface area contributed by atoms with Crippen LogP contribution in [0.1, 0.15) is 77.2 Å². The summed E-state index contributed by atoms with van der Waals surface area (Å²) in [5.41, 5.74) is 0.601. The normalized spacial score (nSPS) is 17.5. The first-order chi connectivity index (χ1) is 12.1. The first-order valence-corrected chi connectivity index (χ1v) is 10.2. The number of benzene rings is 1. The predicted octanol–water partition coefficient (Wildman–Crippen LogP) is 5.07. The van der Waals surface area contributed by atoms with Gasteiger partial charge in [0.15, 0.2) is 0 Å². The number of rotatable bonds is 10. The van der Waals surface area contributed by atoms with Crippen molar-refractivity contribution >= 4 is 5.78 Å². The molecule has 3 nitrogen and oxygen atoms in total. The van der Waals surface area contributed by atoms with Gasteiger partial charge in [0, 0.05) is 6.42 Å². The Balaban J connectivity index is 1.90. The molecule has 1 aliphatic heterocycles. The number of carbonyl (C=O) groups is 1. The topological polar surface area (TPSA) is 40.5 Å². The summed E-state index contributed by atoms with van der Waals surface area (Å²) in [4.78, 5) is 15.3. The first kappa shape index (κ1) is 20.0. The van der Waals surface area contributed by atoms with Crippen molar-refractivity contribution in [2.45, 2.75) is 77.0 Å². The quantitative estimate of drug-likeness (QED) is 0.602. The summed E-state index contributed by atoms with van der Waals surface area (Å²) in [5, 5.41) is 9.85. The van der Waals surface area contributed by atoms with E-state index in [1.54, 1.807) is 12.1 Å². The lowest BCUT2D eigenvalue weighted by Gasteiger charge is -2.41. The molecular weight excluding hydrogens is 310 g/mol. The summed E-state index contributed by atoms with van der Waals surface area (Å²) < 4.78 is 0. The molecule has 0 amide bonds. The first-order valence-electron chi connectivity index (χ1n) is 10.2. The summed E-state index contributed by atoms with van der Waals surface area (Å²) in [7, 11) is 0. The molecule has 1 N–H and O–H groups in total. The molecule has 1 aromatic rings. The Morgan fingerprint density at radius 1 is 1.08 bits per heavy atom. The van der Waals surface area contributed by atoms with Crippen molar-refractivity contribution in [3.05, 3.63) is 29.8 Å². The Bertz CT molecular complexity index is 533. The van der Waals surface area contributed by atoms with Gasteiger partial charge >= 0.3 is 0 Å². The largest absolute Gasteiger partial charge is 0.508 e. The highest BCUT2D eigenvalue weighted by Gasteiger charge is 2.41. The third-order valence-electron chi connectivity index (χ3n) is 5.79. The number of ketones is 1. The van der Waals surface area contributed by atoms with Gasteiger partial charge in [0.2, 0.25) is 0 Å². The minimum absolute atomic E-state index is 0.260. The molecule has 0 spiro atoms. The van der Waals surface area contributed by atoms with E-state index in [2.05, 4.69) is 11.8 Å². The Hall–Kier alpha value is -1.35.